The highest BCUT2D eigenvalue weighted by atomic mass is 16.1. The Labute approximate surface area is 120 Å². The molecule has 1 aromatic heterocycles. The minimum absolute atomic E-state index is 0.00922. The van der Waals surface area contributed by atoms with Crippen LogP contribution in [0.1, 0.15) is 31.4 Å². The molecule has 0 atom stereocenters. The van der Waals surface area contributed by atoms with Gasteiger partial charge in [0.2, 0.25) is 5.91 Å². The number of hydrogen-bond acceptors (Lipinski definition) is 2. The number of pyridine rings is 1. The van der Waals surface area contributed by atoms with Crippen molar-refractivity contribution in [3.05, 3.63) is 59.9 Å². The van der Waals surface area contributed by atoms with E-state index in [2.05, 4.69) is 36.3 Å². The molecule has 0 unspecified atom stereocenters. The first kappa shape index (κ1) is 14.3. The van der Waals surface area contributed by atoms with Crippen molar-refractivity contribution in [1.29, 1.82) is 0 Å². The maximum atomic E-state index is 12.2. The summed E-state index contributed by atoms with van der Waals surface area (Å²) in [6.07, 6.45) is 3.84. The highest BCUT2D eigenvalue weighted by Crippen LogP contribution is 2.27. The number of hydrogen-bond donors (Lipinski definition) is 1. The molecule has 1 amide bonds. The van der Waals surface area contributed by atoms with Crippen LogP contribution in [0.4, 0.5) is 5.69 Å². The standard InChI is InChI=1S/C17H20N2O/c1-13-9-10-18-12-15(13)19-16(20)11-17(2,3)14-7-5-4-6-8-14/h4-10,12H,11H2,1-3H3,(H,19,20). The lowest BCUT2D eigenvalue weighted by atomic mass is 9.81. The molecule has 0 radical (unpaired) electrons. The number of carbonyl (C=O) groups is 1. The first-order chi connectivity index (χ1) is 9.49. The third-order valence-electron chi connectivity index (χ3n) is 3.47. The Balaban J connectivity index is 2.07. The Hall–Kier alpha value is -2.16. The lowest BCUT2D eigenvalue weighted by molar-refractivity contribution is -0.117. The highest BCUT2D eigenvalue weighted by molar-refractivity contribution is 5.92. The molecule has 1 heterocycles. The third-order valence-corrected chi connectivity index (χ3v) is 3.47. The van der Waals surface area contributed by atoms with Gasteiger partial charge in [0, 0.05) is 12.6 Å². The minimum Gasteiger partial charge on any atom is -0.324 e. The van der Waals surface area contributed by atoms with Crippen molar-refractivity contribution >= 4 is 11.6 Å². The summed E-state index contributed by atoms with van der Waals surface area (Å²) < 4.78 is 0. The molecule has 0 saturated heterocycles. The second-order valence-electron chi connectivity index (χ2n) is 5.67. The lowest BCUT2D eigenvalue weighted by Gasteiger charge is -2.24. The number of anilines is 1. The number of aromatic nitrogens is 1. The molecule has 1 N–H and O–H groups in total. The molecule has 0 spiro atoms. The summed E-state index contributed by atoms with van der Waals surface area (Å²) in [5, 5.41) is 2.93. The van der Waals surface area contributed by atoms with Crippen LogP contribution in [0.25, 0.3) is 0 Å². The van der Waals surface area contributed by atoms with E-state index >= 15 is 0 Å². The normalized spacial score (nSPS) is 11.2. The second-order valence-corrected chi connectivity index (χ2v) is 5.67. The molecular formula is C17H20N2O. The van der Waals surface area contributed by atoms with Crippen molar-refractivity contribution in [2.45, 2.75) is 32.6 Å². The Morgan fingerprint density at radius 3 is 2.55 bits per heavy atom. The SMILES string of the molecule is Cc1ccncc1NC(=O)CC(C)(C)c1ccccc1. The summed E-state index contributed by atoms with van der Waals surface area (Å²) >= 11 is 0. The van der Waals surface area contributed by atoms with Crippen LogP contribution >= 0.6 is 0 Å². The van der Waals surface area contributed by atoms with E-state index in [0.29, 0.717) is 6.42 Å². The molecule has 2 rings (SSSR count). The molecule has 0 bridgehead atoms. The minimum atomic E-state index is -0.193. The van der Waals surface area contributed by atoms with Crippen LogP contribution in [-0.4, -0.2) is 10.9 Å². The van der Waals surface area contributed by atoms with Crippen LogP contribution in [0.15, 0.2) is 48.8 Å². The summed E-state index contributed by atoms with van der Waals surface area (Å²) in [5.74, 6) is 0.00922. The monoisotopic (exact) mass is 268 g/mol. The van der Waals surface area contributed by atoms with Crippen molar-refractivity contribution in [1.82, 2.24) is 4.98 Å². The van der Waals surface area contributed by atoms with Gasteiger partial charge in [0.25, 0.3) is 0 Å². The smallest absolute Gasteiger partial charge is 0.225 e. The zero-order chi connectivity index (χ0) is 14.6. The molecule has 0 aliphatic heterocycles. The number of aryl methyl sites for hydroxylation is 1. The fourth-order valence-electron chi connectivity index (χ4n) is 2.18. The number of nitrogens with zero attached hydrogens (tertiary/aromatic N) is 1. The van der Waals surface area contributed by atoms with Crippen molar-refractivity contribution in [2.24, 2.45) is 0 Å². The average Bonchev–Trinajstić information content (AvgIpc) is 2.42. The van der Waals surface area contributed by atoms with Gasteiger partial charge in [0.1, 0.15) is 0 Å². The van der Waals surface area contributed by atoms with Gasteiger partial charge in [-0.2, -0.15) is 0 Å². The molecule has 0 fully saturated rings. The van der Waals surface area contributed by atoms with Crippen LogP contribution < -0.4 is 5.32 Å². The van der Waals surface area contributed by atoms with Gasteiger partial charge in [0.15, 0.2) is 0 Å². The van der Waals surface area contributed by atoms with E-state index in [1.165, 1.54) is 0 Å². The first-order valence-corrected chi connectivity index (χ1v) is 6.75. The van der Waals surface area contributed by atoms with Gasteiger partial charge in [-0.25, -0.2) is 0 Å². The van der Waals surface area contributed by atoms with E-state index in [0.717, 1.165) is 16.8 Å². The molecule has 3 nitrogen and oxygen atoms in total. The fourth-order valence-corrected chi connectivity index (χ4v) is 2.18. The molecule has 20 heavy (non-hydrogen) atoms. The highest BCUT2D eigenvalue weighted by Gasteiger charge is 2.24. The maximum absolute atomic E-state index is 12.2. The molecule has 3 heteroatoms. The maximum Gasteiger partial charge on any atom is 0.225 e. The predicted octanol–water partition coefficient (Wildman–Crippen LogP) is 3.70. The summed E-state index contributed by atoms with van der Waals surface area (Å²) in [6.45, 7) is 6.12. The summed E-state index contributed by atoms with van der Waals surface area (Å²) in [4.78, 5) is 16.3. The van der Waals surface area contributed by atoms with Crippen LogP contribution in [0, 0.1) is 6.92 Å². The summed E-state index contributed by atoms with van der Waals surface area (Å²) in [6, 6.07) is 12.0. The lowest BCUT2D eigenvalue weighted by Crippen LogP contribution is -2.26. The quantitative estimate of drug-likeness (QED) is 0.918. The fraction of sp³-hybridized carbons (Fsp3) is 0.294. The van der Waals surface area contributed by atoms with Crippen molar-refractivity contribution in [3.8, 4) is 0 Å². The number of nitrogens with one attached hydrogen (secondary N) is 1. The van der Waals surface area contributed by atoms with E-state index in [1.54, 1.807) is 12.4 Å². The Kier molecular flexibility index (Phi) is 4.18. The van der Waals surface area contributed by atoms with Gasteiger partial charge in [-0.15, -0.1) is 0 Å². The van der Waals surface area contributed by atoms with Gasteiger partial charge in [-0.05, 0) is 29.5 Å². The Morgan fingerprint density at radius 2 is 1.90 bits per heavy atom. The van der Waals surface area contributed by atoms with Crippen LogP contribution in [0.2, 0.25) is 0 Å². The van der Waals surface area contributed by atoms with Crippen LogP contribution in [-0.2, 0) is 10.2 Å². The van der Waals surface area contributed by atoms with Gasteiger partial charge in [-0.3, -0.25) is 9.78 Å². The van der Waals surface area contributed by atoms with Crippen molar-refractivity contribution < 1.29 is 4.79 Å². The van der Waals surface area contributed by atoms with Gasteiger partial charge in [-0.1, -0.05) is 44.2 Å². The van der Waals surface area contributed by atoms with E-state index < -0.39 is 0 Å². The average molecular weight is 268 g/mol. The van der Waals surface area contributed by atoms with Crippen LogP contribution in [0.3, 0.4) is 0 Å². The van der Waals surface area contributed by atoms with E-state index in [1.807, 2.05) is 31.2 Å². The molecule has 0 saturated carbocycles. The van der Waals surface area contributed by atoms with Crippen molar-refractivity contribution in [3.63, 3.8) is 0 Å². The Morgan fingerprint density at radius 1 is 1.20 bits per heavy atom. The third kappa shape index (κ3) is 3.44. The summed E-state index contributed by atoms with van der Waals surface area (Å²) in [7, 11) is 0. The Bertz CT molecular complexity index is 591. The molecule has 2 aromatic rings. The van der Waals surface area contributed by atoms with Crippen molar-refractivity contribution in [2.75, 3.05) is 5.32 Å². The topological polar surface area (TPSA) is 42.0 Å². The zero-order valence-corrected chi connectivity index (χ0v) is 12.2. The van der Waals surface area contributed by atoms with E-state index in [-0.39, 0.29) is 11.3 Å². The van der Waals surface area contributed by atoms with E-state index in [4.69, 9.17) is 0 Å². The molecule has 104 valence electrons. The molecular weight excluding hydrogens is 248 g/mol. The zero-order valence-electron chi connectivity index (χ0n) is 12.2. The van der Waals surface area contributed by atoms with Gasteiger partial charge >= 0.3 is 0 Å². The number of carbonyl (C=O) groups excluding carboxylic acids is 1. The number of rotatable bonds is 4. The number of amides is 1. The first-order valence-electron chi connectivity index (χ1n) is 6.75. The second kappa shape index (κ2) is 5.87. The summed E-state index contributed by atoms with van der Waals surface area (Å²) in [5.41, 5.74) is 2.77. The molecule has 0 aliphatic rings. The number of benzene rings is 1. The largest absolute Gasteiger partial charge is 0.324 e. The predicted molar refractivity (Wildman–Crippen MR) is 81.7 cm³/mol. The van der Waals surface area contributed by atoms with Gasteiger partial charge < -0.3 is 5.32 Å². The van der Waals surface area contributed by atoms with E-state index in [9.17, 15) is 4.79 Å². The van der Waals surface area contributed by atoms with Crippen LogP contribution in [0.5, 0.6) is 0 Å². The molecule has 0 aliphatic carbocycles. The van der Waals surface area contributed by atoms with Gasteiger partial charge in [0.05, 0.1) is 11.9 Å². The molecule has 1 aromatic carbocycles.